The Hall–Kier alpha value is -3.39. The second-order valence-corrected chi connectivity index (χ2v) is 7.90. The number of carboxylic acid groups (broad SMARTS) is 1. The van der Waals surface area contributed by atoms with Crippen LogP contribution in [0.1, 0.15) is 10.4 Å². The second-order valence-electron chi connectivity index (χ2n) is 6.15. The summed E-state index contributed by atoms with van der Waals surface area (Å²) in [5.41, 5.74) is 2.92. The van der Waals surface area contributed by atoms with Crippen molar-refractivity contribution in [2.75, 3.05) is 16.3 Å². The molecule has 0 spiro atoms. The molecule has 0 unspecified atom stereocenters. The highest BCUT2D eigenvalue weighted by Crippen LogP contribution is 2.29. The first-order valence-corrected chi connectivity index (χ1v) is 10.1. The van der Waals surface area contributed by atoms with E-state index in [2.05, 4.69) is 10.0 Å². The molecule has 0 fully saturated rings. The Balaban J connectivity index is 1.94. The molecule has 0 heterocycles. The molecule has 8 heteroatoms. The summed E-state index contributed by atoms with van der Waals surface area (Å²) in [6.45, 7) is 0. The van der Waals surface area contributed by atoms with Crippen molar-refractivity contribution < 1.29 is 22.7 Å². The van der Waals surface area contributed by atoms with Gasteiger partial charge in [0, 0.05) is 11.4 Å². The van der Waals surface area contributed by atoms with Crippen LogP contribution in [0.3, 0.4) is 0 Å². The van der Waals surface area contributed by atoms with Crippen molar-refractivity contribution in [1.82, 2.24) is 0 Å². The van der Waals surface area contributed by atoms with Gasteiger partial charge in [0.1, 0.15) is 5.82 Å². The average Bonchev–Trinajstić information content (AvgIpc) is 2.63. The van der Waals surface area contributed by atoms with E-state index in [0.717, 1.165) is 17.4 Å². The summed E-state index contributed by atoms with van der Waals surface area (Å²) in [6, 6.07) is 17.1. The van der Waals surface area contributed by atoms with Crippen LogP contribution in [-0.4, -0.2) is 25.7 Å². The molecular weight excluding hydrogens is 383 g/mol. The maximum Gasteiger partial charge on any atom is 0.337 e. The average molecular weight is 400 g/mol. The molecule has 0 amide bonds. The molecule has 0 aliphatic rings. The molecule has 0 atom stereocenters. The number of nitrogens with one attached hydrogen (secondary N) is 2. The predicted octanol–water partition coefficient (Wildman–Crippen LogP) is 4.31. The Labute approximate surface area is 161 Å². The molecule has 3 aromatic carbocycles. The summed E-state index contributed by atoms with van der Waals surface area (Å²) >= 11 is 0. The van der Waals surface area contributed by atoms with Gasteiger partial charge >= 0.3 is 5.97 Å². The fourth-order valence-electron chi connectivity index (χ4n) is 2.65. The number of aromatic carboxylic acids is 1. The van der Waals surface area contributed by atoms with Crippen LogP contribution >= 0.6 is 0 Å². The normalized spacial score (nSPS) is 11.1. The zero-order valence-electron chi connectivity index (χ0n) is 14.8. The highest BCUT2D eigenvalue weighted by atomic mass is 32.2. The van der Waals surface area contributed by atoms with Crippen LogP contribution in [0, 0.1) is 5.82 Å². The van der Waals surface area contributed by atoms with Gasteiger partial charge in [-0.15, -0.1) is 0 Å². The summed E-state index contributed by atoms with van der Waals surface area (Å²) in [7, 11) is -3.37. The maximum atomic E-state index is 13.1. The molecule has 0 bridgehead atoms. The Morgan fingerprint density at radius 1 is 0.893 bits per heavy atom. The standard InChI is InChI=1S/C20H17FN2O4S/c1-28(26,27)23-17-7-2-13(3-8-17)14-4-11-18(20(24)25)19(12-14)22-16-9-5-15(21)6-10-16/h2-12,22-23H,1H3,(H,24,25). The minimum absolute atomic E-state index is 0.0726. The largest absolute Gasteiger partial charge is 0.478 e. The van der Waals surface area contributed by atoms with E-state index in [1.165, 1.54) is 30.3 Å². The minimum Gasteiger partial charge on any atom is -0.478 e. The lowest BCUT2D eigenvalue weighted by atomic mass is 10.0. The van der Waals surface area contributed by atoms with Crippen molar-refractivity contribution in [2.24, 2.45) is 0 Å². The smallest absolute Gasteiger partial charge is 0.337 e. The lowest BCUT2D eigenvalue weighted by molar-refractivity contribution is 0.0698. The quantitative estimate of drug-likeness (QED) is 0.573. The van der Waals surface area contributed by atoms with Gasteiger partial charge in [-0.05, 0) is 59.7 Å². The van der Waals surface area contributed by atoms with Gasteiger partial charge in [-0.2, -0.15) is 0 Å². The topological polar surface area (TPSA) is 95.5 Å². The van der Waals surface area contributed by atoms with E-state index in [1.54, 1.807) is 36.4 Å². The first kappa shape index (κ1) is 19.4. The lowest BCUT2D eigenvalue weighted by Gasteiger charge is -2.12. The van der Waals surface area contributed by atoms with E-state index in [0.29, 0.717) is 17.1 Å². The van der Waals surface area contributed by atoms with Gasteiger partial charge in [-0.3, -0.25) is 4.72 Å². The molecule has 0 saturated heterocycles. The molecule has 0 aromatic heterocycles. The van der Waals surface area contributed by atoms with Crippen LogP contribution in [-0.2, 0) is 10.0 Å². The Bertz CT molecular complexity index is 1110. The molecule has 3 aromatic rings. The third-order valence-electron chi connectivity index (χ3n) is 3.89. The van der Waals surface area contributed by atoms with E-state index in [1.807, 2.05) is 0 Å². The summed E-state index contributed by atoms with van der Waals surface area (Å²) < 4.78 is 38.1. The Morgan fingerprint density at radius 2 is 1.46 bits per heavy atom. The Morgan fingerprint density at radius 3 is 2.04 bits per heavy atom. The molecule has 3 N–H and O–H groups in total. The van der Waals surface area contributed by atoms with Gasteiger partial charge in [0.25, 0.3) is 0 Å². The highest BCUT2D eigenvalue weighted by Gasteiger charge is 2.12. The van der Waals surface area contributed by atoms with Crippen molar-refractivity contribution in [3.63, 3.8) is 0 Å². The van der Waals surface area contributed by atoms with Gasteiger partial charge in [0.15, 0.2) is 0 Å². The number of halogens is 1. The fraction of sp³-hybridized carbons (Fsp3) is 0.0500. The minimum atomic E-state index is -3.37. The maximum absolute atomic E-state index is 13.1. The van der Waals surface area contributed by atoms with Gasteiger partial charge in [-0.1, -0.05) is 18.2 Å². The third kappa shape index (κ3) is 4.86. The van der Waals surface area contributed by atoms with Crippen molar-refractivity contribution in [3.8, 4) is 11.1 Å². The number of rotatable bonds is 6. The second kappa shape index (κ2) is 7.69. The van der Waals surface area contributed by atoms with E-state index in [-0.39, 0.29) is 11.4 Å². The van der Waals surface area contributed by atoms with Crippen molar-refractivity contribution in [1.29, 1.82) is 0 Å². The Kier molecular flexibility index (Phi) is 5.32. The predicted molar refractivity (Wildman–Crippen MR) is 107 cm³/mol. The lowest BCUT2D eigenvalue weighted by Crippen LogP contribution is -2.09. The highest BCUT2D eigenvalue weighted by molar-refractivity contribution is 7.92. The van der Waals surface area contributed by atoms with Crippen LogP contribution in [0.15, 0.2) is 66.7 Å². The van der Waals surface area contributed by atoms with Gasteiger partial charge in [-0.25, -0.2) is 17.6 Å². The van der Waals surface area contributed by atoms with Gasteiger partial charge in [0.2, 0.25) is 10.0 Å². The number of benzene rings is 3. The van der Waals surface area contributed by atoms with Gasteiger partial charge < -0.3 is 10.4 Å². The van der Waals surface area contributed by atoms with Crippen LogP contribution < -0.4 is 10.0 Å². The molecule has 144 valence electrons. The number of carbonyl (C=O) groups is 1. The summed E-state index contributed by atoms with van der Waals surface area (Å²) in [4.78, 5) is 11.5. The van der Waals surface area contributed by atoms with Crippen molar-refractivity contribution in [3.05, 3.63) is 78.1 Å². The molecule has 0 aliphatic carbocycles. The number of anilines is 3. The molecule has 0 aliphatic heterocycles. The number of carboxylic acids is 1. The first-order chi connectivity index (χ1) is 13.2. The fourth-order valence-corrected chi connectivity index (χ4v) is 3.21. The summed E-state index contributed by atoms with van der Waals surface area (Å²) in [5, 5.41) is 12.4. The van der Waals surface area contributed by atoms with Gasteiger partial charge in [0.05, 0.1) is 17.5 Å². The van der Waals surface area contributed by atoms with E-state index >= 15 is 0 Å². The first-order valence-electron chi connectivity index (χ1n) is 8.19. The zero-order chi connectivity index (χ0) is 20.3. The zero-order valence-corrected chi connectivity index (χ0v) is 15.6. The van der Waals surface area contributed by atoms with E-state index < -0.39 is 16.0 Å². The monoisotopic (exact) mass is 400 g/mol. The number of hydrogen-bond acceptors (Lipinski definition) is 4. The molecular formula is C20H17FN2O4S. The molecule has 6 nitrogen and oxygen atoms in total. The number of hydrogen-bond donors (Lipinski definition) is 3. The van der Waals surface area contributed by atoms with Crippen molar-refractivity contribution >= 4 is 33.1 Å². The van der Waals surface area contributed by atoms with Crippen molar-refractivity contribution in [2.45, 2.75) is 0 Å². The van der Waals surface area contributed by atoms with Crippen LogP contribution in [0.4, 0.5) is 21.5 Å². The SMILES string of the molecule is CS(=O)(=O)Nc1ccc(-c2ccc(C(=O)O)c(Nc3ccc(F)cc3)c2)cc1. The molecule has 28 heavy (non-hydrogen) atoms. The molecule has 0 saturated carbocycles. The van der Waals surface area contributed by atoms with E-state index in [9.17, 15) is 22.7 Å². The van der Waals surface area contributed by atoms with Crippen LogP contribution in [0.2, 0.25) is 0 Å². The molecule has 0 radical (unpaired) electrons. The number of sulfonamides is 1. The molecule has 3 rings (SSSR count). The van der Waals surface area contributed by atoms with Crippen LogP contribution in [0.25, 0.3) is 11.1 Å². The third-order valence-corrected chi connectivity index (χ3v) is 4.50. The van der Waals surface area contributed by atoms with E-state index in [4.69, 9.17) is 0 Å². The summed E-state index contributed by atoms with van der Waals surface area (Å²) in [5.74, 6) is -1.48. The van der Waals surface area contributed by atoms with Crippen LogP contribution in [0.5, 0.6) is 0 Å². The summed E-state index contributed by atoms with van der Waals surface area (Å²) in [6.07, 6.45) is 1.07.